The van der Waals surface area contributed by atoms with Crippen molar-refractivity contribution in [3.63, 3.8) is 0 Å². The Morgan fingerprint density at radius 2 is 2.25 bits per heavy atom. The molecule has 0 radical (unpaired) electrons. The molecule has 3 N–H and O–H groups in total. The molecule has 0 aromatic heterocycles. The minimum atomic E-state index is -0.235. The number of hydrazine groups is 1. The predicted molar refractivity (Wildman–Crippen MR) is 33.1 cm³/mol. The van der Waals surface area contributed by atoms with E-state index in [0.717, 1.165) is 13.0 Å². The SMILES string of the molecule is CC(O)CCN(C)N. The van der Waals surface area contributed by atoms with Crippen LogP contribution in [0.1, 0.15) is 13.3 Å². The lowest BCUT2D eigenvalue weighted by atomic mass is 10.3. The maximum absolute atomic E-state index is 8.72. The summed E-state index contributed by atoms with van der Waals surface area (Å²) in [6.07, 6.45) is 0.508. The molecule has 50 valence electrons. The summed E-state index contributed by atoms with van der Waals surface area (Å²) in [5, 5.41) is 10.3. The first-order chi connectivity index (χ1) is 3.63. The van der Waals surface area contributed by atoms with Gasteiger partial charge in [-0.2, -0.15) is 0 Å². The summed E-state index contributed by atoms with van der Waals surface area (Å²) in [5.74, 6) is 5.26. The second kappa shape index (κ2) is 3.83. The van der Waals surface area contributed by atoms with Crippen LogP contribution in [0, 0.1) is 0 Å². The summed E-state index contributed by atoms with van der Waals surface area (Å²) in [6, 6.07) is 0. The summed E-state index contributed by atoms with van der Waals surface area (Å²) in [6.45, 7) is 2.50. The van der Waals surface area contributed by atoms with Crippen molar-refractivity contribution in [2.24, 2.45) is 5.84 Å². The Hall–Kier alpha value is -0.120. The van der Waals surface area contributed by atoms with E-state index in [1.54, 1.807) is 19.0 Å². The fourth-order valence-corrected chi connectivity index (χ4v) is 0.390. The molecule has 8 heavy (non-hydrogen) atoms. The average Bonchev–Trinajstić information content (AvgIpc) is 1.61. The van der Waals surface area contributed by atoms with Gasteiger partial charge in [0, 0.05) is 13.6 Å². The van der Waals surface area contributed by atoms with E-state index in [4.69, 9.17) is 10.9 Å². The summed E-state index contributed by atoms with van der Waals surface area (Å²) in [7, 11) is 1.78. The van der Waals surface area contributed by atoms with Gasteiger partial charge in [-0.1, -0.05) is 0 Å². The molecule has 0 aliphatic heterocycles. The largest absolute Gasteiger partial charge is 0.393 e. The molecule has 0 aromatic rings. The molecule has 0 rings (SSSR count). The van der Waals surface area contributed by atoms with E-state index in [1.165, 1.54) is 0 Å². The number of aliphatic hydroxyl groups excluding tert-OH is 1. The molecule has 0 spiro atoms. The monoisotopic (exact) mass is 118 g/mol. The van der Waals surface area contributed by atoms with Crippen molar-refractivity contribution in [3.8, 4) is 0 Å². The van der Waals surface area contributed by atoms with Crippen LogP contribution in [0.25, 0.3) is 0 Å². The highest BCUT2D eigenvalue weighted by atomic mass is 16.3. The highest BCUT2D eigenvalue weighted by molar-refractivity contribution is 4.47. The predicted octanol–water partition coefficient (Wildman–Crippen LogP) is -0.437. The highest BCUT2D eigenvalue weighted by Crippen LogP contribution is 1.87. The fraction of sp³-hybridized carbons (Fsp3) is 1.00. The molecular formula is C5H14N2O. The zero-order valence-electron chi connectivity index (χ0n) is 5.46. The number of rotatable bonds is 3. The molecule has 3 heteroatoms. The molecule has 1 atom stereocenters. The summed E-state index contributed by atoms with van der Waals surface area (Å²) in [5.41, 5.74) is 0. The van der Waals surface area contributed by atoms with Crippen LogP contribution in [0.3, 0.4) is 0 Å². The smallest absolute Gasteiger partial charge is 0.0524 e. The Bertz CT molecular complexity index is 46.4. The van der Waals surface area contributed by atoms with Crippen LogP contribution in [0.4, 0.5) is 0 Å². The third-order valence-electron chi connectivity index (χ3n) is 0.900. The van der Waals surface area contributed by atoms with Crippen LogP contribution in [0.2, 0.25) is 0 Å². The Balaban J connectivity index is 2.93. The van der Waals surface area contributed by atoms with Gasteiger partial charge in [0.2, 0.25) is 0 Å². The average molecular weight is 118 g/mol. The zero-order chi connectivity index (χ0) is 6.57. The van der Waals surface area contributed by atoms with Crippen molar-refractivity contribution in [2.75, 3.05) is 13.6 Å². The number of nitrogens with two attached hydrogens (primary N) is 1. The van der Waals surface area contributed by atoms with Gasteiger partial charge in [0.25, 0.3) is 0 Å². The van der Waals surface area contributed by atoms with E-state index < -0.39 is 0 Å². The van der Waals surface area contributed by atoms with Crippen molar-refractivity contribution in [3.05, 3.63) is 0 Å². The number of hydrogen-bond acceptors (Lipinski definition) is 3. The normalized spacial score (nSPS) is 14.6. The van der Waals surface area contributed by atoms with Gasteiger partial charge in [0.1, 0.15) is 0 Å². The van der Waals surface area contributed by atoms with Crippen molar-refractivity contribution in [1.29, 1.82) is 0 Å². The minimum absolute atomic E-state index is 0.235. The quantitative estimate of drug-likeness (QED) is 0.390. The molecule has 0 saturated carbocycles. The molecule has 1 unspecified atom stereocenters. The Labute approximate surface area is 50.1 Å². The maximum Gasteiger partial charge on any atom is 0.0524 e. The molecule has 0 aliphatic carbocycles. The van der Waals surface area contributed by atoms with E-state index >= 15 is 0 Å². The standard InChI is InChI=1S/C5H14N2O/c1-5(8)3-4-7(2)6/h5,8H,3-4,6H2,1-2H3. The fourth-order valence-electron chi connectivity index (χ4n) is 0.390. The molecule has 0 bridgehead atoms. The van der Waals surface area contributed by atoms with Crippen molar-refractivity contribution < 1.29 is 5.11 Å². The second-order valence-corrected chi connectivity index (χ2v) is 2.12. The van der Waals surface area contributed by atoms with E-state index in [1.807, 2.05) is 0 Å². The lowest BCUT2D eigenvalue weighted by Gasteiger charge is -2.09. The first-order valence-electron chi connectivity index (χ1n) is 2.77. The van der Waals surface area contributed by atoms with Crippen LogP contribution in [-0.4, -0.2) is 29.8 Å². The third-order valence-corrected chi connectivity index (χ3v) is 0.900. The van der Waals surface area contributed by atoms with Gasteiger partial charge in [0.15, 0.2) is 0 Å². The van der Waals surface area contributed by atoms with E-state index in [-0.39, 0.29) is 6.10 Å². The highest BCUT2D eigenvalue weighted by Gasteiger charge is 1.94. The first-order valence-corrected chi connectivity index (χ1v) is 2.77. The van der Waals surface area contributed by atoms with Crippen LogP contribution in [0.5, 0.6) is 0 Å². The number of aliphatic hydroxyl groups is 1. The van der Waals surface area contributed by atoms with Crippen molar-refractivity contribution in [2.45, 2.75) is 19.4 Å². The van der Waals surface area contributed by atoms with Crippen LogP contribution in [-0.2, 0) is 0 Å². The van der Waals surface area contributed by atoms with Gasteiger partial charge in [0.05, 0.1) is 6.10 Å². The van der Waals surface area contributed by atoms with Gasteiger partial charge >= 0.3 is 0 Å². The van der Waals surface area contributed by atoms with Gasteiger partial charge in [-0.05, 0) is 13.3 Å². The summed E-state index contributed by atoms with van der Waals surface area (Å²) >= 11 is 0. The van der Waals surface area contributed by atoms with Gasteiger partial charge in [-0.25, -0.2) is 0 Å². The van der Waals surface area contributed by atoms with Crippen LogP contribution < -0.4 is 5.84 Å². The van der Waals surface area contributed by atoms with Crippen molar-refractivity contribution >= 4 is 0 Å². The minimum Gasteiger partial charge on any atom is -0.393 e. The molecule has 3 nitrogen and oxygen atoms in total. The molecule has 0 heterocycles. The zero-order valence-corrected chi connectivity index (χ0v) is 5.46. The number of nitrogens with zero attached hydrogens (tertiary/aromatic N) is 1. The summed E-state index contributed by atoms with van der Waals surface area (Å²) < 4.78 is 0. The second-order valence-electron chi connectivity index (χ2n) is 2.12. The molecule has 0 aromatic carbocycles. The van der Waals surface area contributed by atoms with Crippen molar-refractivity contribution in [1.82, 2.24) is 5.01 Å². The number of hydrogen-bond donors (Lipinski definition) is 2. The van der Waals surface area contributed by atoms with Gasteiger partial charge < -0.3 is 5.11 Å². The topological polar surface area (TPSA) is 49.5 Å². The van der Waals surface area contributed by atoms with Crippen LogP contribution >= 0.6 is 0 Å². The van der Waals surface area contributed by atoms with Gasteiger partial charge in [-0.15, -0.1) is 0 Å². The van der Waals surface area contributed by atoms with Crippen LogP contribution in [0.15, 0.2) is 0 Å². The Kier molecular flexibility index (Phi) is 3.77. The molecule has 0 amide bonds. The lowest BCUT2D eigenvalue weighted by Crippen LogP contribution is -2.28. The van der Waals surface area contributed by atoms with Gasteiger partial charge in [-0.3, -0.25) is 10.9 Å². The molecule has 0 fully saturated rings. The third kappa shape index (κ3) is 5.88. The van der Waals surface area contributed by atoms with E-state index in [2.05, 4.69) is 0 Å². The molecule has 0 aliphatic rings. The van der Waals surface area contributed by atoms with E-state index in [0.29, 0.717) is 0 Å². The Morgan fingerprint density at radius 1 is 1.75 bits per heavy atom. The Morgan fingerprint density at radius 3 is 2.38 bits per heavy atom. The first kappa shape index (κ1) is 7.88. The molecular weight excluding hydrogens is 104 g/mol. The molecule has 0 saturated heterocycles. The lowest BCUT2D eigenvalue weighted by molar-refractivity contribution is 0.165. The van der Waals surface area contributed by atoms with E-state index in [9.17, 15) is 0 Å². The maximum atomic E-state index is 8.72. The summed E-state index contributed by atoms with van der Waals surface area (Å²) in [4.78, 5) is 0.